The molecule has 2 aromatic rings. The summed E-state index contributed by atoms with van der Waals surface area (Å²) in [6.45, 7) is 6.31. The molecule has 158 valence electrons. The van der Waals surface area contributed by atoms with Crippen LogP contribution < -0.4 is 10.6 Å². The fraction of sp³-hybridized carbons (Fsp3) is 0.545. The number of nitrogens with zero attached hydrogens (tertiary/aromatic N) is 3. The number of likely N-dealkylation sites (tertiary alicyclic amines) is 1. The van der Waals surface area contributed by atoms with Crippen LogP contribution in [-0.4, -0.2) is 55.1 Å². The second-order valence-electron chi connectivity index (χ2n) is 7.56. The molecule has 1 fully saturated rings. The molecule has 1 aromatic heterocycles. The Kier molecular flexibility index (Phi) is 8.04. The number of rotatable bonds is 8. The number of guanidine groups is 1. The van der Waals surface area contributed by atoms with E-state index in [2.05, 4.69) is 32.4 Å². The van der Waals surface area contributed by atoms with Crippen LogP contribution in [0.25, 0.3) is 11.5 Å². The van der Waals surface area contributed by atoms with Crippen LogP contribution >= 0.6 is 0 Å². The number of aliphatic imine (C=N–C) groups is 1. The third-order valence-corrected chi connectivity index (χ3v) is 5.40. The molecule has 1 atom stereocenters. The lowest BCUT2D eigenvalue weighted by Gasteiger charge is -2.33. The zero-order valence-electron chi connectivity index (χ0n) is 17.5. The Hall–Kier alpha value is -2.41. The average molecular weight is 402 g/mol. The summed E-state index contributed by atoms with van der Waals surface area (Å²) in [5.74, 6) is 1.04. The van der Waals surface area contributed by atoms with Gasteiger partial charge in [-0.3, -0.25) is 4.99 Å². The second-order valence-corrected chi connectivity index (χ2v) is 7.56. The highest BCUT2D eigenvalue weighted by molar-refractivity contribution is 5.79. The van der Waals surface area contributed by atoms with Crippen LogP contribution in [0.5, 0.6) is 0 Å². The van der Waals surface area contributed by atoms with Gasteiger partial charge in [-0.15, -0.1) is 0 Å². The Morgan fingerprint density at radius 1 is 1.24 bits per heavy atom. The van der Waals surface area contributed by atoms with E-state index in [4.69, 9.17) is 4.42 Å². The number of piperidine rings is 1. The highest BCUT2D eigenvalue weighted by atomic mass is 19.1. The molecule has 0 saturated carbocycles. The molecule has 0 amide bonds. The molecule has 0 radical (unpaired) electrons. The van der Waals surface area contributed by atoms with Crippen molar-refractivity contribution in [3.63, 3.8) is 0 Å². The highest BCUT2D eigenvalue weighted by Gasteiger charge is 2.17. The number of halogens is 1. The van der Waals surface area contributed by atoms with E-state index in [9.17, 15) is 4.39 Å². The molecule has 3 rings (SSSR count). The molecular formula is C22H32FN5O. The third-order valence-electron chi connectivity index (χ3n) is 5.40. The minimum absolute atomic E-state index is 0.269. The first kappa shape index (κ1) is 21.3. The summed E-state index contributed by atoms with van der Waals surface area (Å²) in [4.78, 5) is 11.3. The zero-order chi connectivity index (χ0) is 20.5. The van der Waals surface area contributed by atoms with Gasteiger partial charge in [0.15, 0.2) is 5.96 Å². The van der Waals surface area contributed by atoms with Gasteiger partial charge in [-0.05, 0) is 57.0 Å². The van der Waals surface area contributed by atoms with Crippen molar-refractivity contribution in [3.05, 3.63) is 42.0 Å². The molecule has 6 nitrogen and oxygen atoms in total. The molecule has 7 heteroatoms. The van der Waals surface area contributed by atoms with E-state index in [-0.39, 0.29) is 5.82 Å². The molecule has 0 aliphatic carbocycles. The molecule has 1 aliphatic rings. The average Bonchev–Trinajstić information content (AvgIpc) is 3.20. The Labute approximate surface area is 172 Å². The van der Waals surface area contributed by atoms with Crippen molar-refractivity contribution < 1.29 is 8.81 Å². The van der Waals surface area contributed by atoms with E-state index in [0.29, 0.717) is 18.5 Å². The summed E-state index contributed by atoms with van der Waals surface area (Å²) in [5, 5.41) is 6.69. The molecule has 0 spiro atoms. The maximum absolute atomic E-state index is 13.0. The summed E-state index contributed by atoms with van der Waals surface area (Å²) >= 11 is 0. The number of benzene rings is 1. The van der Waals surface area contributed by atoms with Crippen molar-refractivity contribution in [1.29, 1.82) is 0 Å². The molecule has 1 unspecified atom stereocenters. The second kappa shape index (κ2) is 11.0. The van der Waals surface area contributed by atoms with Crippen LogP contribution in [-0.2, 0) is 6.42 Å². The molecule has 0 bridgehead atoms. The smallest absolute Gasteiger partial charge is 0.226 e. The third kappa shape index (κ3) is 6.56. The topological polar surface area (TPSA) is 65.7 Å². The summed E-state index contributed by atoms with van der Waals surface area (Å²) in [7, 11) is 1.78. The van der Waals surface area contributed by atoms with Crippen molar-refractivity contribution >= 4 is 5.96 Å². The van der Waals surface area contributed by atoms with Gasteiger partial charge >= 0.3 is 0 Å². The SMILES string of the molecule is CN=C(NCCCN1CCCCC1C)NCCc1coc(-c2ccc(F)cc2)n1. The number of nitrogens with one attached hydrogen (secondary N) is 2. The maximum atomic E-state index is 13.0. The lowest BCUT2D eigenvalue weighted by Crippen LogP contribution is -2.41. The summed E-state index contributed by atoms with van der Waals surface area (Å²) in [6, 6.07) is 6.85. The van der Waals surface area contributed by atoms with Crippen LogP contribution in [0.15, 0.2) is 39.9 Å². The minimum atomic E-state index is -0.269. The van der Waals surface area contributed by atoms with E-state index in [1.807, 2.05) is 0 Å². The van der Waals surface area contributed by atoms with Crippen molar-refractivity contribution in [2.24, 2.45) is 4.99 Å². The van der Waals surface area contributed by atoms with Crippen molar-refractivity contribution in [2.75, 3.05) is 33.2 Å². The first-order valence-corrected chi connectivity index (χ1v) is 10.5. The molecule has 2 heterocycles. The fourth-order valence-corrected chi connectivity index (χ4v) is 3.66. The van der Waals surface area contributed by atoms with Gasteiger partial charge in [-0.1, -0.05) is 6.42 Å². The van der Waals surface area contributed by atoms with Gasteiger partial charge in [0.1, 0.15) is 12.1 Å². The van der Waals surface area contributed by atoms with Crippen molar-refractivity contribution in [3.8, 4) is 11.5 Å². The Balaban J connectivity index is 1.35. The minimum Gasteiger partial charge on any atom is -0.444 e. The van der Waals surface area contributed by atoms with E-state index in [0.717, 1.165) is 43.1 Å². The van der Waals surface area contributed by atoms with Gasteiger partial charge in [-0.25, -0.2) is 9.37 Å². The number of oxazole rings is 1. The molecule has 29 heavy (non-hydrogen) atoms. The Morgan fingerprint density at radius 2 is 2.03 bits per heavy atom. The van der Waals surface area contributed by atoms with Gasteiger partial charge in [0.05, 0.1) is 5.69 Å². The summed E-state index contributed by atoms with van der Waals surface area (Å²) < 4.78 is 18.5. The molecule has 2 N–H and O–H groups in total. The summed E-state index contributed by atoms with van der Waals surface area (Å²) in [5.41, 5.74) is 1.62. The molecule has 1 aliphatic heterocycles. The monoisotopic (exact) mass is 401 g/mol. The summed E-state index contributed by atoms with van der Waals surface area (Å²) in [6.07, 6.45) is 7.49. The first-order chi connectivity index (χ1) is 14.2. The van der Waals surface area contributed by atoms with Gasteiger partial charge in [0, 0.05) is 44.7 Å². The predicted molar refractivity (Wildman–Crippen MR) is 114 cm³/mol. The van der Waals surface area contributed by atoms with Crippen LogP contribution in [0.1, 0.15) is 38.3 Å². The van der Waals surface area contributed by atoms with E-state index < -0.39 is 0 Å². The number of aromatic nitrogens is 1. The number of hydrogen-bond donors (Lipinski definition) is 2. The number of hydrogen-bond acceptors (Lipinski definition) is 4. The van der Waals surface area contributed by atoms with E-state index in [1.165, 1.54) is 37.9 Å². The van der Waals surface area contributed by atoms with Crippen LogP contribution in [0, 0.1) is 5.82 Å². The van der Waals surface area contributed by atoms with Crippen LogP contribution in [0.3, 0.4) is 0 Å². The standard InChI is InChI=1S/C22H32FN5O/c1-17-6-3-4-14-28(17)15-5-12-25-22(24-2)26-13-11-20-16-29-21(27-20)18-7-9-19(23)10-8-18/h7-10,16-17H,3-6,11-15H2,1-2H3,(H2,24,25,26). The lowest BCUT2D eigenvalue weighted by molar-refractivity contribution is 0.159. The normalized spacial score (nSPS) is 18.0. The molecule has 1 aromatic carbocycles. The largest absolute Gasteiger partial charge is 0.444 e. The first-order valence-electron chi connectivity index (χ1n) is 10.5. The maximum Gasteiger partial charge on any atom is 0.226 e. The van der Waals surface area contributed by atoms with Crippen molar-refractivity contribution in [1.82, 2.24) is 20.5 Å². The van der Waals surface area contributed by atoms with E-state index in [1.54, 1.807) is 25.4 Å². The molecule has 1 saturated heterocycles. The molecular weight excluding hydrogens is 369 g/mol. The predicted octanol–water partition coefficient (Wildman–Crippen LogP) is 3.45. The Bertz CT molecular complexity index is 774. The van der Waals surface area contributed by atoms with Crippen LogP contribution in [0.2, 0.25) is 0 Å². The highest BCUT2D eigenvalue weighted by Crippen LogP contribution is 2.19. The van der Waals surface area contributed by atoms with Gasteiger partial charge in [0.2, 0.25) is 5.89 Å². The van der Waals surface area contributed by atoms with Gasteiger partial charge in [-0.2, -0.15) is 0 Å². The fourth-order valence-electron chi connectivity index (χ4n) is 3.66. The van der Waals surface area contributed by atoms with Crippen LogP contribution in [0.4, 0.5) is 4.39 Å². The quantitative estimate of drug-likeness (QED) is 0.403. The lowest BCUT2D eigenvalue weighted by atomic mass is 10.0. The van der Waals surface area contributed by atoms with Gasteiger partial charge in [0.25, 0.3) is 0 Å². The van der Waals surface area contributed by atoms with E-state index >= 15 is 0 Å². The zero-order valence-corrected chi connectivity index (χ0v) is 17.5. The Morgan fingerprint density at radius 3 is 2.79 bits per heavy atom. The van der Waals surface area contributed by atoms with Crippen molar-refractivity contribution in [2.45, 2.75) is 45.1 Å². The van der Waals surface area contributed by atoms with Gasteiger partial charge < -0.3 is 20.0 Å².